The number of piperidine rings is 1. The van der Waals surface area contributed by atoms with E-state index in [1.165, 1.54) is 33.6 Å². The Kier molecular flexibility index (Phi) is 6.46. The number of carbonyl (C=O) groups is 2. The minimum absolute atomic E-state index is 0.0433. The average molecular weight is 462 g/mol. The van der Waals surface area contributed by atoms with Crippen molar-refractivity contribution in [2.45, 2.75) is 43.4 Å². The van der Waals surface area contributed by atoms with E-state index in [1.807, 2.05) is 12.1 Å². The molecule has 0 atom stereocenters. The molecule has 0 unspecified atom stereocenters. The van der Waals surface area contributed by atoms with Gasteiger partial charge in [0, 0.05) is 18.7 Å². The number of halogens is 1. The molecule has 4 rings (SSSR count). The van der Waals surface area contributed by atoms with Crippen LogP contribution in [0.4, 0.5) is 0 Å². The van der Waals surface area contributed by atoms with Gasteiger partial charge in [0.1, 0.15) is 4.90 Å². The lowest BCUT2D eigenvalue weighted by molar-refractivity contribution is 0.0474. The molecule has 1 saturated heterocycles. The fraction of sp³-hybridized carbons (Fsp3) is 0.391. The second-order valence-corrected chi connectivity index (χ2v) is 10.3. The summed E-state index contributed by atoms with van der Waals surface area (Å²) in [4.78, 5) is 24.9. The number of hydrogen-bond acceptors (Lipinski definition) is 5. The largest absolute Gasteiger partial charge is 0.454 e. The number of nitrogens with zero attached hydrogens (tertiary/aromatic N) is 1. The highest BCUT2D eigenvalue weighted by Crippen LogP contribution is 2.28. The number of sulfonamides is 1. The first-order chi connectivity index (χ1) is 14.9. The van der Waals surface area contributed by atoms with E-state index >= 15 is 0 Å². The average Bonchev–Trinajstić information content (AvgIpc) is 3.26. The number of aryl methyl sites for hydroxylation is 2. The molecule has 0 radical (unpaired) electrons. The molecule has 6 nitrogen and oxygen atoms in total. The molecule has 2 aromatic carbocycles. The maximum atomic E-state index is 13.0. The highest BCUT2D eigenvalue weighted by Gasteiger charge is 2.29. The molecule has 31 heavy (non-hydrogen) atoms. The second kappa shape index (κ2) is 9.10. The van der Waals surface area contributed by atoms with E-state index in [0.29, 0.717) is 18.7 Å². The molecule has 1 aliphatic heterocycles. The number of carbonyl (C=O) groups excluding carboxylic acids is 2. The van der Waals surface area contributed by atoms with Crippen molar-refractivity contribution in [2.75, 3.05) is 19.7 Å². The monoisotopic (exact) mass is 461 g/mol. The molecule has 0 spiro atoms. The number of fused-ring (bicyclic) bond motifs is 1. The molecule has 1 fully saturated rings. The van der Waals surface area contributed by atoms with Crippen molar-refractivity contribution in [1.29, 1.82) is 0 Å². The minimum atomic E-state index is -3.80. The van der Waals surface area contributed by atoms with Gasteiger partial charge in [0.15, 0.2) is 12.4 Å². The number of ketones is 1. The van der Waals surface area contributed by atoms with Crippen LogP contribution >= 0.6 is 11.6 Å². The van der Waals surface area contributed by atoms with Crippen LogP contribution in [-0.2, 0) is 27.6 Å². The van der Waals surface area contributed by atoms with Crippen molar-refractivity contribution in [3.8, 4) is 0 Å². The SMILES string of the molecule is O=C(COC(=O)c1ccc(Cl)c(S(=O)(=O)N2CCCCC2)c1)c1ccc2c(c1)CCC2. The van der Waals surface area contributed by atoms with Gasteiger partial charge in [-0.15, -0.1) is 0 Å². The van der Waals surface area contributed by atoms with Gasteiger partial charge in [0.2, 0.25) is 10.0 Å². The zero-order valence-corrected chi connectivity index (χ0v) is 18.7. The third-order valence-corrected chi connectivity index (χ3v) is 8.23. The first kappa shape index (κ1) is 22.0. The van der Waals surface area contributed by atoms with Crippen LogP contribution in [0.2, 0.25) is 5.02 Å². The first-order valence-corrected chi connectivity index (χ1v) is 12.3. The summed E-state index contributed by atoms with van der Waals surface area (Å²) in [7, 11) is -3.80. The molecule has 1 aliphatic carbocycles. The topological polar surface area (TPSA) is 80.8 Å². The zero-order valence-electron chi connectivity index (χ0n) is 17.1. The second-order valence-electron chi connectivity index (χ2n) is 7.95. The van der Waals surface area contributed by atoms with Crippen molar-refractivity contribution >= 4 is 33.4 Å². The normalized spacial score (nSPS) is 16.7. The van der Waals surface area contributed by atoms with Crippen LogP contribution in [0.3, 0.4) is 0 Å². The predicted molar refractivity (Wildman–Crippen MR) is 117 cm³/mol. The highest BCUT2D eigenvalue weighted by atomic mass is 35.5. The molecule has 2 aliphatic rings. The number of hydrogen-bond donors (Lipinski definition) is 0. The number of ether oxygens (including phenoxy) is 1. The first-order valence-electron chi connectivity index (χ1n) is 10.5. The number of Topliss-reactive ketones (excluding diaryl/α,β-unsaturated/α-hetero) is 1. The smallest absolute Gasteiger partial charge is 0.338 e. The summed E-state index contributed by atoms with van der Waals surface area (Å²) in [6.45, 7) is 0.458. The molecule has 0 aromatic heterocycles. The Hall–Kier alpha value is -2.22. The minimum Gasteiger partial charge on any atom is -0.454 e. The van der Waals surface area contributed by atoms with Crippen LogP contribution in [0.1, 0.15) is 57.5 Å². The predicted octanol–water partition coefficient (Wildman–Crippen LogP) is 4.04. The lowest BCUT2D eigenvalue weighted by Gasteiger charge is -2.26. The summed E-state index contributed by atoms with van der Waals surface area (Å²) in [5.41, 5.74) is 2.99. The van der Waals surface area contributed by atoms with Crippen molar-refractivity contribution < 1.29 is 22.7 Å². The van der Waals surface area contributed by atoms with Crippen LogP contribution in [0.5, 0.6) is 0 Å². The maximum absolute atomic E-state index is 13.0. The van der Waals surface area contributed by atoms with Crippen molar-refractivity contribution in [1.82, 2.24) is 4.31 Å². The summed E-state index contributed by atoms with van der Waals surface area (Å²) in [6, 6.07) is 9.58. The van der Waals surface area contributed by atoms with Crippen molar-refractivity contribution in [3.63, 3.8) is 0 Å². The summed E-state index contributed by atoms with van der Waals surface area (Å²) in [6.07, 6.45) is 5.64. The van der Waals surface area contributed by atoms with Crippen LogP contribution < -0.4 is 0 Å². The molecule has 2 aromatic rings. The van der Waals surface area contributed by atoms with Gasteiger partial charge in [0.05, 0.1) is 10.6 Å². The molecule has 0 N–H and O–H groups in total. The summed E-state index contributed by atoms with van der Waals surface area (Å²) < 4.78 is 32.5. The Morgan fingerprint density at radius 1 is 0.903 bits per heavy atom. The van der Waals surface area contributed by atoms with Crippen LogP contribution in [0, 0.1) is 0 Å². The van der Waals surface area contributed by atoms with Gasteiger partial charge < -0.3 is 4.74 Å². The van der Waals surface area contributed by atoms with E-state index in [1.54, 1.807) is 6.07 Å². The van der Waals surface area contributed by atoms with Gasteiger partial charge >= 0.3 is 5.97 Å². The van der Waals surface area contributed by atoms with Crippen LogP contribution in [0.25, 0.3) is 0 Å². The van der Waals surface area contributed by atoms with Crippen molar-refractivity contribution in [2.24, 2.45) is 0 Å². The Bertz CT molecular complexity index is 1120. The fourth-order valence-corrected chi connectivity index (χ4v) is 6.13. The van der Waals surface area contributed by atoms with E-state index in [4.69, 9.17) is 16.3 Å². The lowest BCUT2D eigenvalue weighted by Crippen LogP contribution is -2.35. The van der Waals surface area contributed by atoms with Gasteiger partial charge in [-0.2, -0.15) is 4.31 Å². The summed E-state index contributed by atoms with van der Waals surface area (Å²) >= 11 is 6.15. The van der Waals surface area contributed by atoms with Crippen molar-refractivity contribution in [3.05, 3.63) is 63.7 Å². The molecule has 0 bridgehead atoms. The third-order valence-electron chi connectivity index (χ3n) is 5.85. The zero-order chi connectivity index (χ0) is 22.0. The summed E-state index contributed by atoms with van der Waals surface area (Å²) in [5.74, 6) is -1.06. The number of rotatable bonds is 6. The van der Waals surface area contributed by atoms with Gasteiger partial charge in [-0.25, -0.2) is 13.2 Å². The van der Waals surface area contributed by atoms with Crippen LogP contribution in [-0.4, -0.2) is 44.2 Å². The van der Waals surface area contributed by atoms with E-state index in [-0.39, 0.29) is 21.3 Å². The number of benzene rings is 2. The standard InChI is InChI=1S/C23H24ClNO5S/c24-20-10-9-19(14-22(20)31(28,29)25-11-2-1-3-12-25)23(27)30-15-21(26)18-8-7-16-5-4-6-17(16)13-18/h7-10,13-14H,1-6,11-12,15H2. The van der Waals surface area contributed by atoms with E-state index < -0.39 is 22.6 Å². The van der Waals surface area contributed by atoms with Gasteiger partial charge in [-0.05, 0) is 67.5 Å². The third kappa shape index (κ3) is 4.68. The summed E-state index contributed by atoms with van der Waals surface area (Å²) in [5, 5.41) is 0.0522. The molecule has 0 saturated carbocycles. The molecular formula is C23H24ClNO5S. The Morgan fingerprint density at radius 3 is 2.39 bits per heavy atom. The Morgan fingerprint density at radius 2 is 1.61 bits per heavy atom. The van der Waals surface area contributed by atoms with Gasteiger partial charge in [-0.1, -0.05) is 30.2 Å². The molecule has 0 amide bonds. The maximum Gasteiger partial charge on any atom is 0.338 e. The molecule has 1 heterocycles. The fourth-order valence-electron chi connectivity index (χ4n) is 4.12. The van der Waals surface area contributed by atoms with Gasteiger partial charge in [0.25, 0.3) is 0 Å². The Balaban J connectivity index is 1.46. The van der Waals surface area contributed by atoms with E-state index in [2.05, 4.69) is 0 Å². The molecular weight excluding hydrogens is 438 g/mol. The van der Waals surface area contributed by atoms with Crippen LogP contribution in [0.15, 0.2) is 41.3 Å². The quantitative estimate of drug-likeness (QED) is 0.479. The molecule has 164 valence electrons. The van der Waals surface area contributed by atoms with E-state index in [9.17, 15) is 18.0 Å². The molecule has 8 heteroatoms. The van der Waals surface area contributed by atoms with Gasteiger partial charge in [-0.3, -0.25) is 4.79 Å². The highest BCUT2D eigenvalue weighted by molar-refractivity contribution is 7.89. The lowest BCUT2D eigenvalue weighted by atomic mass is 10.0. The van der Waals surface area contributed by atoms with E-state index in [0.717, 1.165) is 38.5 Å². The Labute approximate surface area is 187 Å². The number of esters is 1.